The Morgan fingerprint density at radius 3 is 2.41 bits per heavy atom. The monoisotopic (exact) mass is 350 g/mol. The number of fused-ring (bicyclic) bond motifs is 1. The van der Waals surface area contributed by atoms with Crippen molar-refractivity contribution in [3.8, 4) is 11.1 Å². The highest BCUT2D eigenvalue weighted by Crippen LogP contribution is 2.36. The molecule has 0 atom stereocenters. The van der Waals surface area contributed by atoms with E-state index in [1.165, 1.54) is 6.07 Å². The van der Waals surface area contributed by atoms with Crippen LogP contribution in [0, 0.1) is 3.57 Å². The van der Waals surface area contributed by atoms with Gasteiger partial charge in [0.25, 0.3) is 5.78 Å². The van der Waals surface area contributed by atoms with Gasteiger partial charge in [0.1, 0.15) is 0 Å². The van der Waals surface area contributed by atoms with Gasteiger partial charge in [-0.3, -0.25) is 4.79 Å². The van der Waals surface area contributed by atoms with Crippen molar-refractivity contribution in [1.29, 1.82) is 0 Å². The molecule has 0 heterocycles. The number of carbonyl (C=O) groups is 1. The molecular weight excluding hydrogens is 344 g/mol. The highest BCUT2D eigenvalue weighted by Gasteiger charge is 2.42. The molecule has 2 aliphatic carbocycles. The molecule has 88 valence electrons. The molecule has 0 saturated heterocycles. The van der Waals surface area contributed by atoms with Crippen LogP contribution in [0.25, 0.3) is 11.1 Å². The Kier molecular flexibility index (Phi) is 3.11. The lowest BCUT2D eigenvalue weighted by atomic mass is 10.1. The Hall–Kier alpha value is -1.11. The van der Waals surface area contributed by atoms with Crippen LogP contribution < -0.4 is 0 Å². The van der Waals surface area contributed by atoms with Gasteiger partial charge in [0, 0.05) is 9.13 Å². The average molecular weight is 350 g/mol. The normalized spacial score (nSPS) is 11.8. The van der Waals surface area contributed by atoms with E-state index in [-0.39, 0.29) is 5.56 Å². The predicted molar refractivity (Wildman–Crippen MR) is 66.2 cm³/mol. The van der Waals surface area contributed by atoms with Gasteiger partial charge >= 0.3 is 6.18 Å². The fraction of sp³-hybridized carbons (Fsp3) is 0.0833. The summed E-state index contributed by atoms with van der Waals surface area (Å²) < 4.78 is 37.7. The van der Waals surface area contributed by atoms with Gasteiger partial charge in [-0.25, -0.2) is 0 Å². The summed E-state index contributed by atoms with van der Waals surface area (Å²) in [6.45, 7) is 0. The van der Waals surface area contributed by atoms with Crippen molar-refractivity contribution in [2.24, 2.45) is 0 Å². The first-order valence-corrected chi connectivity index (χ1v) is 5.78. The molecule has 0 aromatic heterocycles. The lowest BCUT2D eigenvalue weighted by Crippen LogP contribution is -2.23. The molecule has 0 unspecified atom stereocenters. The van der Waals surface area contributed by atoms with Crippen LogP contribution >= 0.6 is 22.6 Å². The van der Waals surface area contributed by atoms with E-state index in [0.29, 0.717) is 14.7 Å². The zero-order valence-electron chi connectivity index (χ0n) is 8.38. The van der Waals surface area contributed by atoms with Gasteiger partial charge in [-0.15, -0.1) is 0 Å². The fourth-order valence-electron chi connectivity index (χ4n) is 1.62. The molecule has 2 rings (SSSR count). The number of alkyl halides is 3. The average Bonchev–Trinajstić information content (AvgIpc) is 2.40. The van der Waals surface area contributed by atoms with Crippen LogP contribution in [0.5, 0.6) is 0 Å². The summed E-state index contributed by atoms with van der Waals surface area (Å²) in [4.78, 5) is 11.3. The summed E-state index contributed by atoms with van der Waals surface area (Å²) in [5.74, 6) is -1.79. The zero-order chi connectivity index (χ0) is 12.6. The van der Waals surface area contributed by atoms with E-state index in [1.807, 2.05) is 0 Å². The van der Waals surface area contributed by atoms with Crippen LogP contribution in [-0.2, 0) is 0 Å². The number of Topliss-reactive ketones (excluding diaryl/α,β-unsaturated/α-hetero) is 1. The third-order valence-electron chi connectivity index (χ3n) is 2.35. The minimum atomic E-state index is -4.84. The van der Waals surface area contributed by atoms with Gasteiger partial charge in [0.2, 0.25) is 0 Å². The van der Waals surface area contributed by atoms with Gasteiger partial charge in [-0.05, 0) is 39.8 Å². The number of carbonyl (C=O) groups excluding carboxylic acids is 1. The Labute approximate surface area is 109 Å². The molecule has 17 heavy (non-hydrogen) atoms. The van der Waals surface area contributed by atoms with Crippen LogP contribution in [0.1, 0.15) is 10.4 Å². The number of rotatable bonds is 1. The first-order valence-electron chi connectivity index (χ1n) is 4.70. The molecule has 0 radical (unpaired) electrons. The van der Waals surface area contributed by atoms with E-state index in [2.05, 4.69) is 0 Å². The first-order chi connectivity index (χ1) is 7.91. The second kappa shape index (κ2) is 4.29. The maximum atomic E-state index is 12.5. The lowest BCUT2D eigenvalue weighted by molar-refractivity contribution is -0.0885. The molecule has 5 heteroatoms. The summed E-state index contributed by atoms with van der Waals surface area (Å²) in [5.41, 5.74) is 0.707. The van der Waals surface area contributed by atoms with E-state index in [4.69, 9.17) is 0 Å². The van der Waals surface area contributed by atoms with Crippen LogP contribution in [0.15, 0.2) is 36.4 Å². The van der Waals surface area contributed by atoms with Crippen molar-refractivity contribution in [2.75, 3.05) is 0 Å². The maximum absolute atomic E-state index is 12.5. The zero-order valence-corrected chi connectivity index (χ0v) is 10.5. The minimum absolute atomic E-state index is 0.260. The third kappa shape index (κ3) is 2.29. The number of ketones is 1. The second-order valence-electron chi connectivity index (χ2n) is 3.47. The van der Waals surface area contributed by atoms with Crippen molar-refractivity contribution in [2.45, 2.75) is 6.18 Å². The fourth-order valence-corrected chi connectivity index (χ4v) is 2.50. The summed E-state index contributed by atoms with van der Waals surface area (Å²) in [7, 11) is 0. The highest BCUT2D eigenvalue weighted by atomic mass is 127. The molecule has 2 aliphatic rings. The molecule has 0 fully saturated rings. The summed E-state index contributed by atoms with van der Waals surface area (Å²) >= 11 is 1.75. The van der Waals surface area contributed by atoms with Crippen LogP contribution in [0.2, 0.25) is 0 Å². The molecule has 1 nitrogen and oxygen atoms in total. The molecule has 0 aromatic rings. The molecule has 0 N–H and O–H groups in total. The van der Waals surface area contributed by atoms with E-state index < -0.39 is 12.0 Å². The van der Waals surface area contributed by atoms with Crippen molar-refractivity contribution in [3.05, 3.63) is 45.5 Å². The Morgan fingerprint density at radius 2 is 1.76 bits per heavy atom. The van der Waals surface area contributed by atoms with Gasteiger partial charge in [-0.1, -0.05) is 30.3 Å². The number of hydrogen-bond acceptors (Lipinski definition) is 1. The van der Waals surface area contributed by atoms with Crippen molar-refractivity contribution in [3.63, 3.8) is 0 Å². The smallest absolute Gasteiger partial charge is 0.284 e. The van der Waals surface area contributed by atoms with Crippen molar-refractivity contribution >= 4 is 28.4 Å². The predicted octanol–water partition coefficient (Wildman–Crippen LogP) is 4.14. The SMILES string of the molecule is O=C(c1c(I)cc2cccccc1-2)C(F)(F)F. The van der Waals surface area contributed by atoms with Gasteiger partial charge in [0.15, 0.2) is 0 Å². The Morgan fingerprint density at radius 1 is 1.12 bits per heavy atom. The van der Waals surface area contributed by atoms with Gasteiger partial charge in [0.05, 0.1) is 0 Å². The van der Waals surface area contributed by atoms with E-state index in [0.717, 1.165) is 0 Å². The molecule has 0 aliphatic heterocycles. The van der Waals surface area contributed by atoms with Crippen LogP contribution in [-0.4, -0.2) is 12.0 Å². The van der Waals surface area contributed by atoms with Crippen LogP contribution in [0.3, 0.4) is 0 Å². The van der Waals surface area contributed by atoms with Crippen molar-refractivity contribution < 1.29 is 18.0 Å². The molecule has 0 bridgehead atoms. The molecule has 0 saturated carbocycles. The molecule has 0 amide bonds. The minimum Gasteiger partial charge on any atom is -0.284 e. The van der Waals surface area contributed by atoms with E-state index >= 15 is 0 Å². The highest BCUT2D eigenvalue weighted by molar-refractivity contribution is 14.1. The van der Waals surface area contributed by atoms with E-state index in [9.17, 15) is 18.0 Å². The third-order valence-corrected chi connectivity index (χ3v) is 3.20. The summed E-state index contributed by atoms with van der Waals surface area (Å²) in [6, 6.07) is 9.83. The maximum Gasteiger partial charge on any atom is 0.454 e. The quantitative estimate of drug-likeness (QED) is 0.558. The number of halogens is 4. The summed E-state index contributed by atoms with van der Waals surface area (Å²) in [6.07, 6.45) is -4.84. The van der Waals surface area contributed by atoms with Gasteiger partial charge in [-0.2, -0.15) is 13.2 Å². The van der Waals surface area contributed by atoms with Crippen LogP contribution in [0.4, 0.5) is 13.2 Å². The first kappa shape index (κ1) is 12.3. The topological polar surface area (TPSA) is 17.1 Å². The number of hydrogen-bond donors (Lipinski definition) is 0. The second-order valence-corrected chi connectivity index (χ2v) is 4.64. The van der Waals surface area contributed by atoms with Gasteiger partial charge < -0.3 is 0 Å². The molecule has 0 spiro atoms. The standard InChI is InChI=1S/C12H6F3IO/c13-12(14,15)11(17)10-8-5-3-1-2-4-7(8)6-9(10)16/h1-6H. The lowest BCUT2D eigenvalue weighted by Gasteiger charge is -2.05. The molecule has 0 aromatic carbocycles. The Balaban J connectivity index is 2.66. The summed E-state index contributed by atoms with van der Waals surface area (Å²) in [5, 5.41) is 0. The molecular formula is C12H6F3IO. The van der Waals surface area contributed by atoms with E-state index in [1.54, 1.807) is 52.9 Å². The van der Waals surface area contributed by atoms with Crippen molar-refractivity contribution in [1.82, 2.24) is 0 Å². The Bertz CT molecular complexity index is 548. The largest absolute Gasteiger partial charge is 0.454 e.